The van der Waals surface area contributed by atoms with Gasteiger partial charge in [0.1, 0.15) is 12.6 Å². The van der Waals surface area contributed by atoms with E-state index in [1.165, 1.54) is 70.6 Å². The van der Waals surface area contributed by atoms with E-state index >= 15 is 0 Å². The van der Waals surface area contributed by atoms with Crippen molar-refractivity contribution in [1.82, 2.24) is 10.2 Å². The van der Waals surface area contributed by atoms with Crippen LogP contribution < -0.4 is 10.6 Å². The monoisotopic (exact) mass is 731 g/mol. The highest BCUT2D eigenvalue weighted by atomic mass is 16.6. The summed E-state index contributed by atoms with van der Waals surface area (Å²) in [4.78, 5) is 62.7. The Labute approximate surface area is 309 Å². The number of unbranched alkanes of at least 4 members (excludes halogenated alkanes) is 12. The summed E-state index contributed by atoms with van der Waals surface area (Å²) in [5, 5.41) is 5.33. The van der Waals surface area contributed by atoms with E-state index in [2.05, 4.69) is 17.6 Å². The van der Waals surface area contributed by atoms with E-state index in [1.807, 2.05) is 0 Å². The second kappa shape index (κ2) is 26.4. The first-order chi connectivity index (χ1) is 25.4. The molecule has 1 fully saturated rings. The molecular weight excluding hydrogens is 670 g/mol. The third-order valence-electron chi connectivity index (χ3n) is 9.12. The van der Waals surface area contributed by atoms with Crippen LogP contribution in [0.5, 0.6) is 0 Å². The summed E-state index contributed by atoms with van der Waals surface area (Å²) in [6, 6.07) is 3.91. The molecule has 13 nitrogen and oxygen atoms in total. The van der Waals surface area contributed by atoms with Crippen LogP contribution in [0.15, 0.2) is 18.2 Å². The predicted octanol–water partition coefficient (Wildman–Crippen LogP) is 5.59. The molecule has 1 saturated heterocycles. The second-order valence-corrected chi connectivity index (χ2v) is 13.3. The summed E-state index contributed by atoms with van der Waals surface area (Å²) in [5.74, 6) is -2.32. The number of hydrogen-bond donors (Lipinski definition) is 2. The van der Waals surface area contributed by atoms with Crippen LogP contribution in [0.25, 0.3) is 0 Å². The highest BCUT2D eigenvalue weighted by Crippen LogP contribution is 2.32. The summed E-state index contributed by atoms with van der Waals surface area (Å²) in [6.07, 6.45) is 17.3. The standard InChI is InChI=1S/C39H61N3O10/c1-2-3-4-5-6-7-8-9-10-11-12-13-14-18-35(44)52-30-29-51-28-27-50-26-25-49-24-23-48-22-21-40-32-17-15-16-31-36(32)39(47)42(38(31)46)33-19-20-34(43)41-37(33)45/h15-17,33,40H,2-14,18-30H2,1H3,(H,41,43,45). The summed E-state index contributed by atoms with van der Waals surface area (Å²) in [6.45, 7) is 6.00. The number of imide groups is 2. The second-order valence-electron chi connectivity index (χ2n) is 13.3. The van der Waals surface area contributed by atoms with Crippen molar-refractivity contribution in [3.8, 4) is 0 Å². The van der Waals surface area contributed by atoms with Crippen molar-refractivity contribution >= 4 is 35.3 Å². The molecule has 1 unspecified atom stereocenters. The van der Waals surface area contributed by atoms with Crippen molar-refractivity contribution in [1.29, 1.82) is 0 Å². The first-order valence-corrected chi connectivity index (χ1v) is 19.5. The number of carbonyl (C=O) groups excluding carboxylic acids is 5. The maximum Gasteiger partial charge on any atom is 0.305 e. The number of hydrogen-bond acceptors (Lipinski definition) is 11. The molecule has 1 aromatic rings. The maximum atomic E-state index is 13.2. The van der Waals surface area contributed by atoms with E-state index in [0.717, 1.165) is 17.7 Å². The third kappa shape index (κ3) is 16.1. The number of rotatable bonds is 31. The fourth-order valence-corrected chi connectivity index (χ4v) is 6.26. The number of ether oxygens (including phenoxy) is 5. The van der Waals surface area contributed by atoms with E-state index in [0.29, 0.717) is 71.5 Å². The summed E-state index contributed by atoms with van der Waals surface area (Å²) in [5.41, 5.74) is 0.913. The largest absolute Gasteiger partial charge is 0.463 e. The summed E-state index contributed by atoms with van der Waals surface area (Å²) >= 11 is 0. The average Bonchev–Trinajstić information content (AvgIpc) is 3.39. The van der Waals surface area contributed by atoms with Crippen LogP contribution in [0.2, 0.25) is 0 Å². The number of nitrogens with one attached hydrogen (secondary N) is 2. The van der Waals surface area contributed by atoms with Gasteiger partial charge in [-0.15, -0.1) is 0 Å². The Bertz CT molecular complexity index is 1240. The Morgan fingerprint density at radius 1 is 0.712 bits per heavy atom. The van der Waals surface area contributed by atoms with Gasteiger partial charge in [-0.05, 0) is 25.0 Å². The fourth-order valence-electron chi connectivity index (χ4n) is 6.26. The highest BCUT2D eigenvalue weighted by molar-refractivity contribution is 6.25. The molecule has 0 spiro atoms. The first-order valence-electron chi connectivity index (χ1n) is 19.5. The number of piperidine rings is 1. The van der Waals surface area contributed by atoms with Gasteiger partial charge >= 0.3 is 5.97 Å². The molecule has 2 aliphatic heterocycles. The number of benzene rings is 1. The minimum atomic E-state index is -1.01. The Kier molecular flexibility index (Phi) is 21.8. The van der Waals surface area contributed by atoms with E-state index in [-0.39, 0.29) is 36.5 Å². The third-order valence-corrected chi connectivity index (χ3v) is 9.12. The topological polar surface area (TPSA) is 159 Å². The van der Waals surface area contributed by atoms with Gasteiger partial charge in [0.05, 0.1) is 64.0 Å². The smallest absolute Gasteiger partial charge is 0.305 e. The van der Waals surface area contributed by atoms with Crippen LogP contribution in [-0.2, 0) is 38.1 Å². The Balaban J connectivity index is 1.07. The number of anilines is 1. The number of nitrogens with zero attached hydrogens (tertiary/aromatic N) is 1. The van der Waals surface area contributed by atoms with Crippen molar-refractivity contribution < 1.29 is 47.7 Å². The normalized spacial score (nSPS) is 15.6. The van der Waals surface area contributed by atoms with Crippen molar-refractivity contribution in [3.05, 3.63) is 29.3 Å². The fraction of sp³-hybridized carbons (Fsp3) is 0.718. The lowest BCUT2D eigenvalue weighted by atomic mass is 10.0. The molecule has 4 amide bonds. The lowest BCUT2D eigenvalue weighted by Gasteiger charge is -2.27. The zero-order valence-corrected chi connectivity index (χ0v) is 31.2. The van der Waals surface area contributed by atoms with Crippen LogP contribution in [0.3, 0.4) is 0 Å². The minimum Gasteiger partial charge on any atom is -0.463 e. The highest BCUT2D eigenvalue weighted by Gasteiger charge is 2.45. The van der Waals surface area contributed by atoms with Crippen molar-refractivity contribution in [2.24, 2.45) is 0 Å². The van der Waals surface area contributed by atoms with Gasteiger partial charge in [0.25, 0.3) is 11.8 Å². The number of fused-ring (bicyclic) bond motifs is 1. The van der Waals surface area contributed by atoms with Crippen LogP contribution >= 0.6 is 0 Å². The quantitative estimate of drug-likeness (QED) is 0.0557. The van der Waals surface area contributed by atoms with Gasteiger partial charge in [-0.3, -0.25) is 34.2 Å². The Hall–Kier alpha value is -3.39. The van der Waals surface area contributed by atoms with Crippen LogP contribution in [0.4, 0.5) is 5.69 Å². The molecule has 0 radical (unpaired) electrons. The molecule has 0 bridgehead atoms. The maximum absolute atomic E-state index is 13.2. The van der Waals surface area contributed by atoms with E-state index < -0.39 is 29.7 Å². The predicted molar refractivity (Wildman–Crippen MR) is 196 cm³/mol. The SMILES string of the molecule is CCCCCCCCCCCCCCCC(=O)OCCOCCOCCOCCOCCNc1cccc2c1C(=O)N(C1CCC(=O)NC1=O)C2=O. The molecule has 1 aromatic carbocycles. The van der Waals surface area contributed by atoms with E-state index in [1.54, 1.807) is 18.2 Å². The molecule has 0 saturated carbocycles. The number of esters is 1. The van der Waals surface area contributed by atoms with Crippen molar-refractivity contribution in [3.63, 3.8) is 0 Å². The molecule has 52 heavy (non-hydrogen) atoms. The molecule has 1 atom stereocenters. The first kappa shape index (κ1) is 43.0. The zero-order chi connectivity index (χ0) is 37.2. The van der Waals surface area contributed by atoms with Crippen LogP contribution in [-0.4, -0.2) is 107 Å². The Morgan fingerprint density at radius 3 is 1.83 bits per heavy atom. The zero-order valence-electron chi connectivity index (χ0n) is 31.2. The summed E-state index contributed by atoms with van der Waals surface area (Å²) < 4.78 is 27.3. The molecule has 292 valence electrons. The molecule has 2 N–H and O–H groups in total. The molecule has 2 aliphatic rings. The van der Waals surface area contributed by atoms with E-state index in [9.17, 15) is 24.0 Å². The average molecular weight is 732 g/mol. The van der Waals surface area contributed by atoms with Gasteiger partial charge in [-0.2, -0.15) is 0 Å². The molecular formula is C39H61N3O10. The van der Waals surface area contributed by atoms with Gasteiger partial charge in [0.15, 0.2) is 0 Å². The summed E-state index contributed by atoms with van der Waals surface area (Å²) in [7, 11) is 0. The molecule has 0 aromatic heterocycles. The van der Waals surface area contributed by atoms with E-state index in [4.69, 9.17) is 23.7 Å². The molecule has 0 aliphatic carbocycles. The lowest BCUT2D eigenvalue weighted by Crippen LogP contribution is -2.54. The van der Waals surface area contributed by atoms with Gasteiger partial charge in [0.2, 0.25) is 11.8 Å². The van der Waals surface area contributed by atoms with Crippen molar-refractivity contribution in [2.45, 2.75) is 116 Å². The molecule has 3 rings (SSSR count). The lowest BCUT2D eigenvalue weighted by molar-refractivity contribution is -0.145. The van der Waals surface area contributed by atoms with Gasteiger partial charge in [-0.1, -0.05) is 90.0 Å². The molecule has 13 heteroatoms. The van der Waals surface area contributed by atoms with Gasteiger partial charge in [-0.25, -0.2) is 0 Å². The number of amides is 4. The molecule has 2 heterocycles. The number of carbonyl (C=O) groups is 5. The van der Waals surface area contributed by atoms with Crippen molar-refractivity contribution in [2.75, 3.05) is 71.3 Å². The van der Waals surface area contributed by atoms with Gasteiger partial charge in [0, 0.05) is 25.1 Å². The minimum absolute atomic E-state index is 0.0681. The Morgan fingerprint density at radius 2 is 1.25 bits per heavy atom. The van der Waals surface area contributed by atoms with Crippen LogP contribution in [0, 0.1) is 0 Å². The van der Waals surface area contributed by atoms with Gasteiger partial charge < -0.3 is 29.0 Å². The van der Waals surface area contributed by atoms with Crippen LogP contribution in [0.1, 0.15) is 130 Å².